The van der Waals surface area contributed by atoms with Crippen LogP contribution in [0.2, 0.25) is 0 Å². The third-order valence-corrected chi connectivity index (χ3v) is 4.35. The van der Waals surface area contributed by atoms with Crippen LogP contribution >= 0.6 is 0 Å². The molecule has 1 saturated carbocycles. The molecule has 3 rings (SSSR count). The highest BCUT2D eigenvalue weighted by atomic mass is 19.4. The van der Waals surface area contributed by atoms with Crippen molar-refractivity contribution in [3.63, 3.8) is 0 Å². The summed E-state index contributed by atoms with van der Waals surface area (Å²) in [5.74, 6) is -0.562. The molecule has 1 heterocycles. The van der Waals surface area contributed by atoms with Crippen LogP contribution in [-0.2, 0) is 6.18 Å². The van der Waals surface area contributed by atoms with Crippen LogP contribution in [0.5, 0.6) is 5.88 Å². The second-order valence-corrected chi connectivity index (χ2v) is 6.25. The Hall–Kier alpha value is -2.91. The first kappa shape index (κ1) is 18.9. The van der Waals surface area contributed by atoms with Crippen molar-refractivity contribution in [2.24, 2.45) is 0 Å². The van der Waals surface area contributed by atoms with E-state index in [1.54, 1.807) is 6.07 Å². The van der Waals surface area contributed by atoms with E-state index in [1.807, 2.05) is 0 Å². The highest BCUT2D eigenvalue weighted by molar-refractivity contribution is 5.60. The number of nitrogens with zero attached hydrogens (tertiary/aromatic N) is 4. The second kappa shape index (κ2) is 7.37. The topological polar surface area (TPSA) is 81.4 Å². The van der Waals surface area contributed by atoms with Gasteiger partial charge in [-0.15, -0.1) is 0 Å². The van der Waals surface area contributed by atoms with E-state index in [2.05, 4.69) is 9.97 Å². The van der Waals surface area contributed by atoms with Gasteiger partial charge in [0.2, 0.25) is 11.8 Å². The SMILES string of the molecule is CN(c1cccc([N+](=O)[O-])c1)c1ncc(C(F)(F)F)c(OC2CCCC2)n1. The zero-order chi connectivity index (χ0) is 19.6. The molecule has 27 heavy (non-hydrogen) atoms. The summed E-state index contributed by atoms with van der Waals surface area (Å²) < 4.78 is 45.3. The summed E-state index contributed by atoms with van der Waals surface area (Å²) in [6.45, 7) is 0. The first-order chi connectivity index (χ1) is 12.8. The highest BCUT2D eigenvalue weighted by Crippen LogP contribution is 2.37. The van der Waals surface area contributed by atoms with E-state index in [0.717, 1.165) is 12.8 Å². The molecule has 0 aliphatic heterocycles. The number of hydrogen-bond donors (Lipinski definition) is 0. The minimum atomic E-state index is -4.64. The van der Waals surface area contributed by atoms with Gasteiger partial charge in [-0.05, 0) is 31.7 Å². The van der Waals surface area contributed by atoms with Crippen molar-refractivity contribution in [3.05, 3.63) is 46.1 Å². The lowest BCUT2D eigenvalue weighted by atomic mass is 10.2. The quantitative estimate of drug-likeness (QED) is 0.560. The number of halogens is 3. The number of ether oxygens (including phenoxy) is 1. The summed E-state index contributed by atoms with van der Waals surface area (Å²) in [5.41, 5.74) is -0.810. The zero-order valence-corrected chi connectivity index (χ0v) is 14.4. The van der Waals surface area contributed by atoms with Gasteiger partial charge in [0.15, 0.2) is 0 Å². The van der Waals surface area contributed by atoms with Crippen LogP contribution in [0.4, 0.5) is 30.5 Å². The molecule has 1 aliphatic rings. The fourth-order valence-corrected chi connectivity index (χ4v) is 2.90. The van der Waals surface area contributed by atoms with E-state index in [0.29, 0.717) is 24.7 Å². The number of rotatable bonds is 5. The molecule has 0 bridgehead atoms. The molecular formula is C17H17F3N4O3. The van der Waals surface area contributed by atoms with E-state index >= 15 is 0 Å². The van der Waals surface area contributed by atoms with Crippen molar-refractivity contribution < 1.29 is 22.8 Å². The Morgan fingerprint density at radius 3 is 2.63 bits per heavy atom. The minimum absolute atomic E-state index is 0.0449. The molecule has 0 atom stereocenters. The maximum absolute atomic E-state index is 13.3. The maximum atomic E-state index is 13.3. The number of aromatic nitrogens is 2. The van der Waals surface area contributed by atoms with Crippen molar-refractivity contribution in [1.29, 1.82) is 0 Å². The molecule has 0 spiro atoms. The number of nitro benzene ring substituents is 1. The fraction of sp³-hybridized carbons (Fsp3) is 0.412. The van der Waals surface area contributed by atoms with Crippen molar-refractivity contribution >= 4 is 17.3 Å². The molecule has 0 radical (unpaired) electrons. The smallest absolute Gasteiger partial charge is 0.423 e. The van der Waals surface area contributed by atoms with Gasteiger partial charge >= 0.3 is 6.18 Å². The molecule has 0 N–H and O–H groups in total. The Kier molecular flexibility index (Phi) is 5.15. The van der Waals surface area contributed by atoms with E-state index in [4.69, 9.17) is 4.74 Å². The summed E-state index contributed by atoms with van der Waals surface area (Å²) in [6, 6.07) is 5.66. The third-order valence-electron chi connectivity index (χ3n) is 4.35. The highest BCUT2D eigenvalue weighted by Gasteiger charge is 2.37. The van der Waals surface area contributed by atoms with E-state index < -0.39 is 22.5 Å². The van der Waals surface area contributed by atoms with Crippen molar-refractivity contribution in [1.82, 2.24) is 9.97 Å². The van der Waals surface area contributed by atoms with Gasteiger partial charge < -0.3 is 9.64 Å². The average Bonchev–Trinajstić information content (AvgIpc) is 3.13. The molecule has 1 aromatic heterocycles. The van der Waals surface area contributed by atoms with Crippen molar-refractivity contribution in [2.45, 2.75) is 38.0 Å². The van der Waals surface area contributed by atoms with E-state index in [-0.39, 0.29) is 17.7 Å². The van der Waals surface area contributed by atoms with Crippen LogP contribution in [0, 0.1) is 10.1 Å². The van der Waals surface area contributed by atoms with Crippen molar-refractivity contribution in [3.8, 4) is 5.88 Å². The molecule has 0 unspecified atom stereocenters. The van der Waals surface area contributed by atoms with Crippen LogP contribution in [0.3, 0.4) is 0 Å². The normalized spacial score (nSPS) is 15.0. The summed E-state index contributed by atoms with van der Waals surface area (Å²) in [5, 5.41) is 10.9. The molecule has 10 heteroatoms. The van der Waals surface area contributed by atoms with Gasteiger partial charge in [0, 0.05) is 25.4 Å². The van der Waals surface area contributed by atoms with Crippen LogP contribution in [0.25, 0.3) is 0 Å². The average molecular weight is 382 g/mol. The van der Waals surface area contributed by atoms with Crippen molar-refractivity contribution in [2.75, 3.05) is 11.9 Å². The number of alkyl halides is 3. The van der Waals surface area contributed by atoms with Gasteiger partial charge in [0.25, 0.3) is 5.69 Å². The first-order valence-corrected chi connectivity index (χ1v) is 8.35. The summed E-state index contributed by atoms with van der Waals surface area (Å²) in [6.07, 6.45) is -1.11. The predicted octanol–water partition coefficient (Wildman–Crippen LogP) is 4.49. The Morgan fingerprint density at radius 2 is 2.00 bits per heavy atom. The summed E-state index contributed by atoms with van der Waals surface area (Å²) in [7, 11) is 1.51. The summed E-state index contributed by atoms with van der Waals surface area (Å²) in [4.78, 5) is 19.5. The van der Waals surface area contributed by atoms with E-state index in [1.165, 1.54) is 30.1 Å². The Morgan fingerprint density at radius 1 is 1.30 bits per heavy atom. The Bertz CT molecular complexity index is 838. The molecule has 1 aromatic carbocycles. The first-order valence-electron chi connectivity index (χ1n) is 8.35. The minimum Gasteiger partial charge on any atom is -0.474 e. The molecule has 1 fully saturated rings. The van der Waals surface area contributed by atoms with Gasteiger partial charge in [-0.3, -0.25) is 10.1 Å². The number of non-ortho nitro benzene ring substituents is 1. The third kappa shape index (κ3) is 4.26. The largest absolute Gasteiger partial charge is 0.474 e. The summed E-state index contributed by atoms with van der Waals surface area (Å²) >= 11 is 0. The number of hydrogen-bond acceptors (Lipinski definition) is 6. The number of anilines is 2. The molecule has 1 aliphatic carbocycles. The predicted molar refractivity (Wildman–Crippen MR) is 91.1 cm³/mol. The molecule has 0 amide bonds. The number of benzene rings is 1. The monoisotopic (exact) mass is 382 g/mol. The van der Waals surface area contributed by atoms with Gasteiger partial charge in [-0.2, -0.15) is 18.2 Å². The number of nitro groups is 1. The lowest BCUT2D eigenvalue weighted by Crippen LogP contribution is -2.20. The molecule has 2 aromatic rings. The molecule has 0 saturated heterocycles. The maximum Gasteiger partial charge on any atom is 0.423 e. The van der Waals surface area contributed by atoms with Gasteiger partial charge in [-0.25, -0.2) is 4.98 Å². The van der Waals surface area contributed by atoms with Crippen LogP contribution in [0.1, 0.15) is 31.2 Å². The zero-order valence-electron chi connectivity index (χ0n) is 14.4. The standard InChI is InChI=1S/C17H17F3N4O3/c1-23(11-5-4-6-12(9-11)24(25)26)16-21-10-14(17(18,19)20)15(22-16)27-13-7-2-3-8-13/h4-6,9-10,13H,2-3,7-8H2,1H3. The van der Waals surface area contributed by atoms with Crippen LogP contribution in [-0.4, -0.2) is 28.0 Å². The molecule has 7 nitrogen and oxygen atoms in total. The Labute approximate surface area is 152 Å². The van der Waals surface area contributed by atoms with Crippen LogP contribution in [0.15, 0.2) is 30.5 Å². The lowest BCUT2D eigenvalue weighted by molar-refractivity contribution is -0.384. The second-order valence-electron chi connectivity index (χ2n) is 6.25. The van der Waals surface area contributed by atoms with Crippen LogP contribution < -0.4 is 9.64 Å². The van der Waals surface area contributed by atoms with Gasteiger partial charge in [0.1, 0.15) is 11.7 Å². The molecule has 144 valence electrons. The van der Waals surface area contributed by atoms with Gasteiger partial charge in [-0.1, -0.05) is 6.07 Å². The van der Waals surface area contributed by atoms with E-state index in [9.17, 15) is 23.3 Å². The fourth-order valence-electron chi connectivity index (χ4n) is 2.90. The van der Waals surface area contributed by atoms with Gasteiger partial charge in [0.05, 0.1) is 10.6 Å². The lowest BCUT2D eigenvalue weighted by Gasteiger charge is -2.21. The Balaban J connectivity index is 1.95. The molecular weight excluding hydrogens is 365 g/mol.